The summed E-state index contributed by atoms with van der Waals surface area (Å²) < 4.78 is 15.8. The second-order valence-electron chi connectivity index (χ2n) is 4.69. The standard InChI is InChI=1S/C16H15FN2O/c1-2-19-13-8-5-7-12(17)16(13)18-15(19)10-11-6-3-4-9-14(11)20/h3-9,20H,2,10H2,1H3. The largest absolute Gasteiger partial charge is 0.508 e. The number of nitrogens with zero attached hydrogens (tertiary/aromatic N) is 2. The van der Waals surface area contributed by atoms with Gasteiger partial charge in [0.2, 0.25) is 0 Å². The highest BCUT2D eigenvalue weighted by Gasteiger charge is 2.14. The average molecular weight is 270 g/mol. The Labute approximate surface area is 116 Å². The number of benzene rings is 2. The molecule has 1 N–H and O–H groups in total. The molecule has 0 unspecified atom stereocenters. The predicted molar refractivity (Wildman–Crippen MR) is 76.3 cm³/mol. The van der Waals surface area contributed by atoms with E-state index in [9.17, 15) is 9.50 Å². The van der Waals surface area contributed by atoms with Gasteiger partial charge in [-0.1, -0.05) is 24.3 Å². The summed E-state index contributed by atoms with van der Waals surface area (Å²) in [6.45, 7) is 2.71. The van der Waals surface area contributed by atoms with E-state index in [-0.39, 0.29) is 11.6 Å². The molecule has 0 bridgehead atoms. The van der Waals surface area contributed by atoms with Gasteiger partial charge in [-0.3, -0.25) is 0 Å². The number of aromatic nitrogens is 2. The highest BCUT2D eigenvalue weighted by Crippen LogP contribution is 2.24. The number of aromatic hydroxyl groups is 1. The SMILES string of the molecule is CCn1c(Cc2ccccc2O)nc2c(F)cccc21. The number of halogens is 1. The van der Waals surface area contributed by atoms with Gasteiger partial charge in [0.1, 0.15) is 17.1 Å². The number of imidazole rings is 1. The Bertz CT molecular complexity index is 764. The molecule has 0 aliphatic rings. The molecule has 0 saturated carbocycles. The molecule has 20 heavy (non-hydrogen) atoms. The molecule has 4 heteroatoms. The van der Waals surface area contributed by atoms with E-state index in [2.05, 4.69) is 4.98 Å². The summed E-state index contributed by atoms with van der Waals surface area (Å²) in [4.78, 5) is 4.40. The third-order valence-corrected chi connectivity index (χ3v) is 3.47. The fourth-order valence-electron chi connectivity index (χ4n) is 2.48. The van der Waals surface area contributed by atoms with Gasteiger partial charge in [0.15, 0.2) is 5.82 Å². The molecular formula is C16H15FN2O. The van der Waals surface area contributed by atoms with Crippen molar-refractivity contribution in [1.29, 1.82) is 0 Å². The quantitative estimate of drug-likeness (QED) is 0.791. The van der Waals surface area contributed by atoms with Crippen molar-refractivity contribution in [1.82, 2.24) is 9.55 Å². The highest BCUT2D eigenvalue weighted by molar-refractivity contribution is 5.76. The van der Waals surface area contributed by atoms with Gasteiger partial charge in [-0.2, -0.15) is 0 Å². The molecule has 3 aromatic rings. The van der Waals surface area contributed by atoms with Gasteiger partial charge in [-0.15, -0.1) is 0 Å². The van der Waals surface area contributed by atoms with Crippen LogP contribution in [0.4, 0.5) is 4.39 Å². The lowest BCUT2D eigenvalue weighted by Crippen LogP contribution is -2.02. The molecule has 0 saturated heterocycles. The molecule has 1 heterocycles. The van der Waals surface area contributed by atoms with Gasteiger partial charge in [0.25, 0.3) is 0 Å². The first-order chi connectivity index (χ1) is 9.70. The Morgan fingerprint density at radius 3 is 2.70 bits per heavy atom. The van der Waals surface area contributed by atoms with Crippen LogP contribution in [0.15, 0.2) is 42.5 Å². The highest BCUT2D eigenvalue weighted by atomic mass is 19.1. The number of aryl methyl sites for hydroxylation is 1. The first kappa shape index (κ1) is 12.7. The van der Waals surface area contributed by atoms with E-state index in [0.717, 1.165) is 16.9 Å². The summed E-state index contributed by atoms with van der Waals surface area (Å²) in [5.41, 5.74) is 1.97. The van der Waals surface area contributed by atoms with Gasteiger partial charge in [0, 0.05) is 18.5 Å². The van der Waals surface area contributed by atoms with E-state index in [1.54, 1.807) is 18.2 Å². The maximum atomic E-state index is 13.8. The third kappa shape index (κ3) is 2.03. The maximum absolute atomic E-state index is 13.8. The van der Waals surface area contributed by atoms with Crippen LogP contribution in [0.5, 0.6) is 5.75 Å². The first-order valence-corrected chi connectivity index (χ1v) is 6.61. The van der Waals surface area contributed by atoms with Gasteiger partial charge >= 0.3 is 0 Å². The lowest BCUT2D eigenvalue weighted by Gasteiger charge is -2.07. The number of para-hydroxylation sites is 2. The Hall–Kier alpha value is -2.36. The molecule has 3 rings (SSSR count). The molecule has 0 fully saturated rings. The van der Waals surface area contributed by atoms with Crippen LogP contribution < -0.4 is 0 Å². The Kier molecular flexibility index (Phi) is 3.14. The molecule has 0 spiro atoms. The molecule has 2 aromatic carbocycles. The minimum atomic E-state index is -0.312. The van der Waals surface area contributed by atoms with E-state index in [1.165, 1.54) is 6.07 Å². The van der Waals surface area contributed by atoms with Crippen molar-refractivity contribution in [3.63, 3.8) is 0 Å². The number of rotatable bonds is 3. The number of fused-ring (bicyclic) bond motifs is 1. The fourth-order valence-corrected chi connectivity index (χ4v) is 2.48. The summed E-state index contributed by atoms with van der Waals surface area (Å²) in [7, 11) is 0. The molecule has 0 atom stereocenters. The molecule has 102 valence electrons. The van der Waals surface area contributed by atoms with Crippen molar-refractivity contribution < 1.29 is 9.50 Å². The summed E-state index contributed by atoms with van der Waals surface area (Å²) in [5, 5.41) is 9.85. The van der Waals surface area contributed by atoms with Crippen LogP contribution in [-0.4, -0.2) is 14.7 Å². The van der Waals surface area contributed by atoms with E-state index >= 15 is 0 Å². The van der Waals surface area contributed by atoms with Crippen LogP contribution in [0.1, 0.15) is 18.3 Å². The Balaban J connectivity index is 2.12. The van der Waals surface area contributed by atoms with Crippen molar-refractivity contribution >= 4 is 11.0 Å². The maximum Gasteiger partial charge on any atom is 0.151 e. The van der Waals surface area contributed by atoms with Crippen molar-refractivity contribution in [2.24, 2.45) is 0 Å². The minimum Gasteiger partial charge on any atom is -0.508 e. The van der Waals surface area contributed by atoms with Gasteiger partial charge in [0.05, 0.1) is 5.52 Å². The molecule has 3 nitrogen and oxygen atoms in total. The first-order valence-electron chi connectivity index (χ1n) is 6.61. The molecule has 0 amide bonds. The van der Waals surface area contributed by atoms with Crippen LogP contribution in [0.3, 0.4) is 0 Å². The third-order valence-electron chi connectivity index (χ3n) is 3.47. The van der Waals surface area contributed by atoms with Crippen LogP contribution in [0.25, 0.3) is 11.0 Å². The lowest BCUT2D eigenvalue weighted by atomic mass is 10.1. The van der Waals surface area contributed by atoms with Crippen molar-refractivity contribution in [2.75, 3.05) is 0 Å². The summed E-state index contributed by atoms with van der Waals surface area (Å²) >= 11 is 0. The van der Waals surface area contributed by atoms with E-state index in [0.29, 0.717) is 18.5 Å². The number of phenolic OH excluding ortho intramolecular Hbond substituents is 1. The monoisotopic (exact) mass is 270 g/mol. The molecule has 0 aliphatic carbocycles. The van der Waals surface area contributed by atoms with Crippen LogP contribution >= 0.6 is 0 Å². The Morgan fingerprint density at radius 1 is 1.15 bits per heavy atom. The minimum absolute atomic E-state index is 0.239. The predicted octanol–water partition coefficient (Wildman–Crippen LogP) is 3.49. The van der Waals surface area contributed by atoms with Gasteiger partial charge in [-0.25, -0.2) is 9.37 Å². The normalized spacial score (nSPS) is 11.1. The zero-order chi connectivity index (χ0) is 14.1. The number of phenols is 1. The lowest BCUT2D eigenvalue weighted by molar-refractivity contribution is 0.468. The smallest absolute Gasteiger partial charge is 0.151 e. The zero-order valence-corrected chi connectivity index (χ0v) is 11.2. The number of hydrogen-bond acceptors (Lipinski definition) is 2. The summed E-state index contributed by atoms with van der Waals surface area (Å²) in [6.07, 6.45) is 0.481. The summed E-state index contributed by atoms with van der Waals surface area (Å²) in [5.74, 6) is 0.685. The van der Waals surface area contributed by atoms with Crippen molar-refractivity contribution in [2.45, 2.75) is 19.9 Å². The Morgan fingerprint density at radius 2 is 1.95 bits per heavy atom. The van der Waals surface area contributed by atoms with Crippen molar-refractivity contribution in [3.05, 3.63) is 59.7 Å². The molecule has 1 aromatic heterocycles. The van der Waals surface area contributed by atoms with Crippen LogP contribution in [-0.2, 0) is 13.0 Å². The van der Waals surface area contributed by atoms with E-state index < -0.39 is 0 Å². The fraction of sp³-hybridized carbons (Fsp3) is 0.188. The van der Waals surface area contributed by atoms with Gasteiger partial charge < -0.3 is 9.67 Å². The molecule has 0 aliphatic heterocycles. The van der Waals surface area contributed by atoms with Crippen LogP contribution in [0, 0.1) is 5.82 Å². The second-order valence-corrected chi connectivity index (χ2v) is 4.69. The van der Waals surface area contributed by atoms with E-state index in [1.807, 2.05) is 29.7 Å². The number of hydrogen-bond donors (Lipinski definition) is 1. The molecular weight excluding hydrogens is 255 g/mol. The van der Waals surface area contributed by atoms with Crippen molar-refractivity contribution in [3.8, 4) is 5.75 Å². The van der Waals surface area contributed by atoms with E-state index in [4.69, 9.17) is 0 Å². The van der Waals surface area contributed by atoms with Gasteiger partial charge in [-0.05, 0) is 25.1 Å². The second kappa shape index (κ2) is 4.96. The van der Waals surface area contributed by atoms with Crippen LogP contribution in [0.2, 0.25) is 0 Å². The summed E-state index contributed by atoms with van der Waals surface area (Å²) in [6, 6.07) is 12.1. The molecule has 0 radical (unpaired) electrons. The average Bonchev–Trinajstić information content (AvgIpc) is 2.80. The zero-order valence-electron chi connectivity index (χ0n) is 11.2. The topological polar surface area (TPSA) is 38.0 Å².